The van der Waals surface area contributed by atoms with Crippen LogP contribution in [0.15, 0.2) is 61.2 Å². The van der Waals surface area contributed by atoms with Crippen LogP contribution >= 0.6 is 0 Å². The van der Waals surface area contributed by atoms with Crippen LogP contribution in [0, 0.1) is 0 Å². The molecule has 0 saturated carbocycles. The van der Waals surface area contributed by atoms with Gasteiger partial charge in [-0.3, -0.25) is 0 Å². The predicted molar refractivity (Wildman–Crippen MR) is 94.5 cm³/mol. The smallest absolute Gasteiger partial charge is 0.0949 e. The molecule has 0 atom stereocenters. The SMILES string of the molecule is c1ccc(-c2ccc3c(c2)CCCCC3)c(Cn2ccnc2)c1. The molecular weight excluding hydrogens is 280 g/mol. The third-order valence-corrected chi connectivity index (χ3v) is 4.84. The van der Waals surface area contributed by atoms with Crippen molar-refractivity contribution >= 4 is 0 Å². The summed E-state index contributed by atoms with van der Waals surface area (Å²) in [5.41, 5.74) is 7.14. The van der Waals surface area contributed by atoms with Crippen molar-refractivity contribution in [2.75, 3.05) is 0 Å². The van der Waals surface area contributed by atoms with E-state index in [-0.39, 0.29) is 0 Å². The van der Waals surface area contributed by atoms with Crippen LogP contribution in [-0.2, 0) is 19.4 Å². The first kappa shape index (κ1) is 14.3. The summed E-state index contributed by atoms with van der Waals surface area (Å²) in [5, 5.41) is 0. The molecule has 0 fully saturated rings. The summed E-state index contributed by atoms with van der Waals surface area (Å²) in [6.45, 7) is 0.868. The van der Waals surface area contributed by atoms with Crippen molar-refractivity contribution in [3.05, 3.63) is 77.9 Å². The molecule has 0 spiro atoms. The average Bonchev–Trinajstić information content (AvgIpc) is 2.98. The van der Waals surface area contributed by atoms with Crippen molar-refractivity contribution < 1.29 is 0 Å². The Kier molecular flexibility index (Phi) is 3.97. The summed E-state index contributed by atoms with van der Waals surface area (Å²) in [6, 6.07) is 15.8. The van der Waals surface area contributed by atoms with E-state index in [1.807, 2.05) is 18.7 Å². The Morgan fingerprint density at radius 3 is 2.65 bits per heavy atom. The predicted octanol–water partition coefficient (Wildman–Crippen LogP) is 4.87. The van der Waals surface area contributed by atoms with Crippen molar-refractivity contribution in [2.24, 2.45) is 0 Å². The van der Waals surface area contributed by atoms with Gasteiger partial charge in [0.2, 0.25) is 0 Å². The largest absolute Gasteiger partial charge is 0.333 e. The minimum atomic E-state index is 0.868. The second-order valence-electron chi connectivity index (χ2n) is 6.44. The van der Waals surface area contributed by atoms with Gasteiger partial charge in [-0.15, -0.1) is 0 Å². The van der Waals surface area contributed by atoms with Crippen molar-refractivity contribution in [2.45, 2.75) is 38.6 Å². The number of benzene rings is 2. The molecule has 1 aliphatic carbocycles. The minimum Gasteiger partial charge on any atom is -0.333 e. The van der Waals surface area contributed by atoms with Gasteiger partial charge in [0.1, 0.15) is 0 Å². The van der Waals surface area contributed by atoms with Crippen LogP contribution in [0.5, 0.6) is 0 Å². The summed E-state index contributed by atoms with van der Waals surface area (Å²) in [4.78, 5) is 4.15. The number of hydrogen-bond donors (Lipinski definition) is 0. The maximum absolute atomic E-state index is 4.15. The zero-order valence-electron chi connectivity index (χ0n) is 13.4. The number of hydrogen-bond acceptors (Lipinski definition) is 1. The van der Waals surface area contributed by atoms with Crippen LogP contribution in [0.3, 0.4) is 0 Å². The van der Waals surface area contributed by atoms with Crippen LogP contribution in [-0.4, -0.2) is 9.55 Å². The lowest BCUT2D eigenvalue weighted by molar-refractivity contribution is 0.711. The zero-order chi connectivity index (χ0) is 15.5. The Hall–Kier alpha value is -2.35. The van der Waals surface area contributed by atoms with Crippen molar-refractivity contribution in [1.29, 1.82) is 0 Å². The van der Waals surface area contributed by atoms with Gasteiger partial charge in [0.25, 0.3) is 0 Å². The van der Waals surface area contributed by atoms with E-state index < -0.39 is 0 Å². The summed E-state index contributed by atoms with van der Waals surface area (Å²) >= 11 is 0. The molecule has 0 radical (unpaired) electrons. The van der Waals surface area contributed by atoms with E-state index in [2.05, 4.69) is 52.0 Å². The maximum atomic E-state index is 4.15. The molecule has 116 valence electrons. The molecule has 0 amide bonds. The van der Waals surface area contributed by atoms with Gasteiger partial charge >= 0.3 is 0 Å². The van der Waals surface area contributed by atoms with E-state index in [1.54, 1.807) is 11.1 Å². The van der Waals surface area contributed by atoms with Gasteiger partial charge in [0.15, 0.2) is 0 Å². The highest BCUT2D eigenvalue weighted by Gasteiger charge is 2.11. The van der Waals surface area contributed by atoms with Gasteiger partial charge < -0.3 is 4.57 Å². The molecule has 2 nitrogen and oxygen atoms in total. The highest BCUT2D eigenvalue weighted by molar-refractivity contribution is 5.68. The number of fused-ring (bicyclic) bond motifs is 1. The first-order valence-electron chi connectivity index (χ1n) is 8.56. The second kappa shape index (κ2) is 6.41. The molecule has 1 aliphatic rings. The lowest BCUT2D eigenvalue weighted by Gasteiger charge is -2.13. The Labute approximate surface area is 137 Å². The molecule has 0 saturated heterocycles. The van der Waals surface area contributed by atoms with E-state index >= 15 is 0 Å². The number of nitrogens with zero attached hydrogens (tertiary/aromatic N) is 2. The van der Waals surface area contributed by atoms with Gasteiger partial charge in [-0.05, 0) is 53.5 Å². The third-order valence-electron chi connectivity index (χ3n) is 4.84. The Morgan fingerprint density at radius 1 is 0.913 bits per heavy atom. The summed E-state index contributed by atoms with van der Waals surface area (Å²) in [5.74, 6) is 0. The van der Waals surface area contributed by atoms with E-state index in [9.17, 15) is 0 Å². The fourth-order valence-corrected chi connectivity index (χ4v) is 3.59. The topological polar surface area (TPSA) is 17.8 Å². The number of imidazole rings is 1. The monoisotopic (exact) mass is 302 g/mol. The molecule has 2 heteroatoms. The molecule has 3 aromatic rings. The number of aryl methyl sites for hydroxylation is 2. The van der Waals surface area contributed by atoms with Crippen molar-refractivity contribution in [3.8, 4) is 11.1 Å². The standard InChI is InChI=1S/C21H22N2/c1-2-6-17-10-11-19(14-18(17)7-3-1)21-9-5-4-8-20(21)15-23-13-12-22-16-23/h4-5,8-14,16H,1-3,6-7,15H2. The quantitative estimate of drug-likeness (QED) is 0.631. The first-order chi connectivity index (χ1) is 11.4. The lowest BCUT2D eigenvalue weighted by Crippen LogP contribution is -1.99. The first-order valence-corrected chi connectivity index (χ1v) is 8.56. The van der Waals surface area contributed by atoms with E-state index in [0.29, 0.717) is 0 Å². The van der Waals surface area contributed by atoms with Gasteiger partial charge in [-0.1, -0.05) is 48.9 Å². The molecule has 2 aromatic carbocycles. The molecule has 0 N–H and O–H groups in total. The van der Waals surface area contributed by atoms with E-state index in [0.717, 1.165) is 6.54 Å². The third kappa shape index (κ3) is 3.07. The van der Waals surface area contributed by atoms with Gasteiger partial charge in [-0.2, -0.15) is 0 Å². The molecular formula is C21H22N2. The normalized spacial score (nSPS) is 14.3. The Balaban J connectivity index is 1.72. The second-order valence-corrected chi connectivity index (χ2v) is 6.44. The highest BCUT2D eigenvalue weighted by atomic mass is 15.0. The Bertz CT molecular complexity index is 787. The fraction of sp³-hybridized carbons (Fsp3) is 0.286. The molecule has 0 unspecified atom stereocenters. The molecule has 0 aliphatic heterocycles. The van der Waals surface area contributed by atoms with Crippen molar-refractivity contribution in [3.63, 3.8) is 0 Å². The minimum absolute atomic E-state index is 0.868. The van der Waals surface area contributed by atoms with Gasteiger partial charge in [0, 0.05) is 18.9 Å². The van der Waals surface area contributed by atoms with Gasteiger partial charge in [-0.25, -0.2) is 4.98 Å². The van der Waals surface area contributed by atoms with Gasteiger partial charge in [0.05, 0.1) is 6.33 Å². The highest BCUT2D eigenvalue weighted by Crippen LogP contribution is 2.29. The maximum Gasteiger partial charge on any atom is 0.0949 e. The Morgan fingerprint density at radius 2 is 1.78 bits per heavy atom. The zero-order valence-corrected chi connectivity index (χ0v) is 13.4. The van der Waals surface area contributed by atoms with Crippen LogP contribution in [0.1, 0.15) is 36.0 Å². The molecule has 1 heterocycles. The van der Waals surface area contributed by atoms with Crippen LogP contribution < -0.4 is 0 Å². The van der Waals surface area contributed by atoms with Crippen LogP contribution in [0.4, 0.5) is 0 Å². The lowest BCUT2D eigenvalue weighted by atomic mass is 9.94. The molecule has 23 heavy (non-hydrogen) atoms. The molecule has 1 aromatic heterocycles. The fourth-order valence-electron chi connectivity index (χ4n) is 3.59. The number of rotatable bonds is 3. The molecule has 4 rings (SSSR count). The summed E-state index contributed by atoms with van der Waals surface area (Å²) < 4.78 is 2.13. The van der Waals surface area contributed by atoms with Crippen LogP contribution in [0.2, 0.25) is 0 Å². The van der Waals surface area contributed by atoms with Crippen molar-refractivity contribution in [1.82, 2.24) is 9.55 Å². The molecule has 0 bridgehead atoms. The van der Waals surface area contributed by atoms with Crippen LogP contribution in [0.25, 0.3) is 11.1 Å². The number of aromatic nitrogens is 2. The average molecular weight is 302 g/mol. The van der Waals surface area contributed by atoms with E-state index in [4.69, 9.17) is 0 Å². The summed E-state index contributed by atoms with van der Waals surface area (Å²) in [6.07, 6.45) is 12.2. The van der Waals surface area contributed by atoms with E-state index in [1.165, 1.54) is 48.8 Å². The summed E-state index contributed by atoms with van der Waals surface area (Å²) in [7, 11) is 0.